The van der Waals surface area contributed by atoms with Gasteiger partial charge in [0, 0.05) is 19.4 Å². The molecule has 0 bridgehead atoms. The van der Waals surface area contributed by atoms with Gasteiger partial charge in [-0.15, -0.1) is 0 Å². The van der Waals surface area contributed by atoms with Crippen LogP contribution in [0.15, 0.2) is 36.4 Å². The number of aryl methyl sites for hydroxylation is 1. The van der Waals surface area contributed by atoms with Crippen LogP contribution in [0.2, 0.25) is 0 Å². The summed E-state index contributed by atoms with van der Waals surface area (Å²) >= 11 is 0. The summed E-state index contributed by atoms with van der Waals surface area (Å²) in [6.45, 7) is 2.67. The lowest BCUT2D eigenvalue weighted by Gasteiger charge is -2.01. The number of carbonyl (C=O) groups excluding carboxylic acids is 1. The first-order chi connectivity index (χ1) is 9.29. The molecule has 19 heavy (non-hydrogen) atoms. The smallest absolute Gasteiger partial charge is 0.220 e. The topological polar surface area (TPSA) is 57.8 Å². The fourth-order valence-electron chi connectivity index (χ4n) is 1.91. The third kappa shape index (κ3) is 3.95. The molecule has 1 amide bonds. The van der Waals surface area contributed by atoms with E-state index in [4.69, 9.17) is 0 Å². The molecule has 0 unspecified atom stereocenters. The van der Waals surface area contributed by atoms with E-state index in [1.165, 1.54) is 0 Å². The molecule has 1 aromatic heterocycles. The molecule has 0 radical (unpaired) electrons. The lowest BCUT2D eigenvalue weighted by atomic mass is 10.3. The van der Waals surface area contributed by atoms with Crippen LogP contribution in [0, 0.1) is 0 Å². The number of allylic oxidation sites excluding steroid dienone is 1. The molecule has 100 valence electrons. The maximum atomic E-state index is 11.6. The largest absolute Gasteiger partial charge is 0.356 e. The summed E-state index contributed by atoms with van der Waals surface area (Å²) in [6.07, 6.45) is 6.02. The Morgan fingerprint density at radius 2 is 2.26 bits per heavy atom. The maximum Gasteiger partial charge on any atom is 0.220 e. The van der Waals surface area contributed by atoms with Gasteiger partial charge >= 0.3 is 0 Å². The van der Waals surface area contributed by atoms with E-state index >= 15 is 0 Å². The number of fused-ring (bicyclic) bond motifs is 1. The first-order valence-electron chi connectivity index (χ1n) is 6.61. The molecule has 0 saturated heterocycles. The normalized spacial score (nSPS) is 11.2. The van der Waals surface area contributed by atoms with Gasteiger partial charge in [-0.3, -0.25) is 4.79 Å². The van der Waals surface area contributed by atoms with Gasteiger partial charge in [-0.1, -0.05) is 24.3 Å². The highest BCUT2D eigenvalue weighted by Gasteiger charge is 2.05. The van der Waals surface area contributed by atoms with Crippen molar-refractivity contribution >= 4 is 16.9 Å². The third-order valence-electron chi connectivity index (χ3n) is 2.90. The quantitative estimate of drug-likeness (QED) is 0.617. The molecule has 0 aliphatic rings. The van der Waals surface area contributed by atoms with E-state index in [1.807, 2.05) is 43.3 Å². The van der Waals surface area contributed by atoms with Crippen LogP contribution in [0.4, 0.5) is 0 Å². The van der Waals surface area contributed by atoms with Crippen molar-refractivity contribution in [2.24, 2.45) is 0 Å². The Morgan fingerprint density at radius 3 is 3.05 bits per heavy atom. The van der Waals surface area contributed by atoms with E-state index in [0.717, 1.165) is 23.3 Å². The number of aromatic amines is 1. The maximum absolute atomic E-state index is 11.6. The molecular formula is C15H19N3O. The number of carbonyl (C=O) groups is 1. The monoisotopic (exact) mass is 257 g/mol. The summed E-state index contributed by atoms with van der Waals surface area (Å²) in [7, 11) is 0. The van der Waals surface area contributed by atoms with Crippen molar-refractivity contribution < 1.29 is 4.79 Å². The fourth-order valence-corrected chi connectivity index (χ4v) is 1.91. The van der Waals surface area contributed by atoms with E-state index in [2.05, 4.69) is 15.3 Å². The number of amides is 1. The van der Waals surface area contributed by atoms with Gasteiger partial charge in [-0.05, 0) is 25.5 Å². The molecule has 4 nitrogen and oxygen atoms in total. The molecule has 0 fully saturated rings. The van der Waals surface area contributed by atoms with Crippen molar-refractivity contribution in [3.8, 4) is 0 Å². The van der Waals surface area contributed by atoms with Gasteiger partial charge in [0.05, 0.1) is 11.0 Å². The standard InChI is InChI=1S/C15H19N3O/c1-2-3-6-11-16-15(19)10-9-14-17-12-7-4-5-8-13(12)18-14/h2-5,7-8H,6,9-11H2,1H3,(H,16,19)(H,17,18)/b3-2+. The number of aromatic nitrogens is 2. The first-order valence-corrected chi connectivity index (χ1v) is 6.61. The number of hydrogen-bond donors (Lipinski definition) is 2. The van der Waals surface area contributed by atoms with E-state index < -0.39 is 0 Å². The van der Waals surface area contributed by atoms with Gasteiger partial charge in [0.25, 0.3) is 0 Å². The molecule has 2 aromatic rings. The van der Waals surface area contributed by atoms with Gasteiger partial charge in [-0.2, -0.15) is 0 Å². The first kappa shape index (κ1) is 13.3. The average molecular weight is 257 g/mol. The number of imidazole rings is 1. The number of para-hydroxylation sites is 2. The highest BCUT2D eigenvalue weighted by Crippen LogP contribution is 2.11. The summed E-state index contributed by atoms with van der Waals surface area (Å²) < 4.78 is 0. The van der Waals surface area contributed by atoms with Crippen LogP contribution in [0.25, 0.3) is 11.0 Å². The SMILES string of the molecule is C/C=C/CCNC(=O)CCc1nc2ccccc2[nH]1. The zero-order chi connectivity index (χ0) is 13.5. The van der Waals surface area contributed by atoms with E-state index in [-0.39, 0.29) is 5.91 Å². The zero-order valence-electron chi connectivity index (χ0n) is 11.1. The Balaban J connectivity index is 1.80. The second kappa shape index (κ2) is 6.73. The Bertz CT molecular complexity index is 539. The molecule has 1 aromatic carbocycles. The number of hydrogen-bond acceptors (Lipinski definition) is 2. The molecule has 0 aliphatic heterocycles. The van der Waals surface area contributed by atoms with Crippen LogP contribution < -0.4 is 5.32 Å². The van der Waals surface area contributed by atoms with Crippen molar-refractivity contribution in [2.75, 3.05) is 6.54 Å². The summed E-state index contributed by atoms with van der Waals surface area (Å²) in [5.41, 5.74) is 1.97. The molecule has 2 rings (SSSR count). The van der Waals surface area contributed by atoms with Gasteiger partial charge in [0.15, 0.2) is 0 Å². The van der Waals surface area contributed by atoms with Crippen LogP contribution >= 0.6 is 0 Å². The minimum absolute atomic E-state index is 0.0740. The molecule has 2 N–H and O–H groups in total. The van der Waals surface area contributed by atoms with E-state index in [1.54, 1.807) is 0 Å². The van der Waals surface area contributed by atoms with Crippen LogP contribution in [0.5, 0.6) is 0 Å². The van der Waals surface area contributed by atoms with Crippen molar-refractivity contribution in [1.29, 1.82) is 0 Å². The Morgan fingerprint density at radius 1 is 1.42 bits per heavy atom. The van der Waals surface area contributed by atoms with Crippen molar-refractivity contribution in [3.63, 3.8) is 0 Å². The van der Waals surface area contributed by atoms with Crippen molar-refractivity contribution in [3.05, 3.63) is 42.2 Å². The van der Waals surface area contributed by atoms with Gasteiger partial charge in [-0.25, -0.2) is 4.98 Å². The molecule has 0 saturated carbocycles. The molecule has 0 aliphatic carbocycles. The van der Waals surface area contributed by atoms with E-state index in [9.17, 15) is 4.79 Å². The minimum Gasteiger partial charge on any atom is -0.356 e. The van der Waals surface area contributed by atoms with Gasteiger partial charge in [0.2, 0.25) is 5.91 Å². The second-order valence-corrected chi connectivity index (χ2v) is 4.41. The summed E-state index contributed by atoms with van der Waals surface area (Å²) in [6, 6.07) is 7.88. The Labute approximate surface area is 112 Å². The highest BCUT2D eigenvalue weighted by atomic mass is 16.1. The number of nitrogens with zero attached hydrogens (tertiary/aromatic N) is 1. The van der Waals surface area contributed by atoms with Crippen molar-refractivity contribution in [1.82, 2.24) is 15.3 Å². The predicted molar refractivity (Wildman–Crippen MR) is 76.9 cm³/mol. The van der Waals surface area contributed by atoms with Crippen LogP contribution in [0.1, 0.15) is 25.6 Å². The lowest BCUT2D eigenvalue weighted by Crippen LogP contribution is -2.24. The molecule has 0 atom stereocenters. The summed E-state index contributed by atoms with van der Waals surface area (Å²) in [5.74, 6) is 0.940. The summed E-state index contributed by atoms with van der Waals surface area (Å²) in [4.78, 5) is 19.3. The van der Waals surface area contributed by atoms with Crippen molar-refractivity contribution in [2.45, 2.75) is 26.2 Å². The summed E-state index contributed by atoms with van der Waals surface area (Å²) in [5, 5.41) is 2.89. The molecular weight excluding hydrogens is 238 g/mol. The second-order valence-electron chi connectivity index (χ2n) is 4.41. The Hall–Kier alpha value is -2.10. The minimum atomic E-state index is 0.0740. The zero-order valence-corrected chi connectivity index (χ0v) is 11.1. The lowest BCUT2D eigenvalue weighted by molar-refractivity contribution is -0.121. The third-order valence-corrected chi connectivity index (χ3v) is 2.90. The van der Waals surface area contributed by atoms with Crippen LogP contribution in [-0.4, -0.2) is 22.4 Å². The molecule has 0 spiro atoms. The molecule has 4 heteroatoms. The fraction of sp³-hybridized carbons (Fsp3) is 0.333. The number of rotatable bonds is 6. The molecule has 1 heterocycles. The van der Waals surface area contributed by atoms with Crippen LogP contribution in [-0.2, 0) is 11.2 Å². The number of benzene rings is 1. The number of nitrogens with one attached hydrogen (secondary N) is 2. The van der Waals surface area contributed by atoms with E-state index in [0.29, 0.717) is 19.4 Å². The number of H-pyrrole nitrogens is 1. The van der Waals surface area contributed by atoms with Gasteiger partial charge in [0.1, 0.15) is 5.82 Å². The average Bonchev–Trinajstić information content (AvgIpc) is 2.84. The Kier molecular flexibility index (Phi) is 4.72. The van der Waals surface area contributed by atoms with Crippen LogP contribution in [0.3, 0.4) is 0 Å². The van der Waals surface area contributed by atoms with Gasteiger partial charge < -0.3 is 10.3 Å². The highest BCUT2D eigenvalue weighted by molar-refractivity contribution is 5.77. The predicted octanol–water partition coefficient (Wildman–Crippen LogP) is 2.58.